The molecule has 0 aliphatic rings. The van der Waals surface area contributed by atoms with Gasteiger partial charge in [0.1, 0.15) is 5.75 Å². The Balaban J connectivity index is 1.95. The lowest BCUT2D eigenvalue weighted by atomic mass is 10.0. The number of ether oxygens (including phenoxy) is 1. The topological polar surface area (TPSA) is 67.4 Å². The number of rotatable bonds is 6. The summed E-state index contributed by atoms with van der Waals surface area (Å²) in [6, 6.07) is 12.7. The van der Waals surface area contributed by atoms with Crippen LogP contribution in [-0.4, -0.2) is 25.5 Å². The quantitative estimate of drug-likeness (QED) is 0.846. The maximum absolute atomic E-state index is 12.1. The molecule has 0 unspecified atom stereocenters. The Hall–Kier alpha value is -2.82. The summed E-state index contributed by atoms with van der Waals surface area (Å²) in [7, 11) is 1.58. The van der Waals surface area contributed by atoms with Gasteiger partial charge in [-0.3, -0.25) is 9.59 Å². The first-order chi connectivity index (χ1) is 11.9. The highest BCUT2D eigenvalue weighted by Crippen LogP contribution is 2.24. The van der Waals surface area contributed by atoms with Crippen molar-refractivity contribution in [2.45, 2.75) is 26.7 Å². The lowest BCUT2D eigenvalue weighted by molar-refractivity contribution is -0.118. The third-order valence-electron chi connectivity index (χ3n) is 3.90. The molecule has 0 atom stereocenters. The van der Waals surface area contributed by atoms with Gasteiger partial charge in [-0.1, -0.05) is 26.0 Å². The molecule has 0 spiro atoms. The molecule has 2 amide bonds. The van der Waals surface area contributed by atoms with Crippen molar-refractivity contribution in [3.05, 3.63) is 59.2 Å². The molecule has 0 saturated carbocycles. The SMILES string of the molecule is CNC(=O)c1ccc(NC(=O)COc2cc(C(C)C)ccc2C)cc1. The molecule has 0 aliphatic heterocycles. The van der Waals surface area contributed by atoms with Crippen LogP contribution in [0.4, 0.5) is 5.69 Å². The highest BCUT2D eigenvalue weighted by Gasteiger charge is 2.09. The van der Waals surface area contributed by atoms with Crippen LogP contribution in [0.5, 0.6) is 5.75 Å². The van der Waals surface area contributed by atoms with Crippen molar-refractivity contribution in [1.82, 2.24) is 5.32 Å². The molecule has 0 aromatic heterocycles. The van der Waals surface area contributed by atoms with Crippen molar-refractivity contribution in [1.29, 1.82) is 0 Å². The zero-order chi connectivity index (χ0) is 18.4. The van der Waals surface area contributed by atoms with E-state index in [1.54, 1.807) is 31.3 Å². The Bertz CT molecular complexity index is 752. The molecule has 0 radical (unpaired) electrons. The summed E-state index contributed by atoms with van der Waals surface area (Å²) in [5, 5.41) is 5.31. The fraction of sp³-hybridized carbons (Fsp3) is 0.300. The Morgan fingerprint density at radius 1 is 1.08 bits per heavy atom. The van der Waals surface area contributed by atoms with E-state index in [4.69, 9.17) is 4.74 Å². The van der Waals surface area contributed by atoms with Gasteiger partial charge in [0.05, 0.1) is 0 Å². The van der Waals surface area contributed by atoms with Gasteiger partial charge in [0.25, 0.3) is 11.8 Å². The molecule has 132 valence electrons. The van der Waals surface area contributed by atoms with Crippen LogP contribution in [0.25, 0.3) is 0 Å². The molecule has 0 bridgehead atoms. The van der Waals surface area contributed by atoms with Gasteiger partial charge in [0.2, 0.25) is 0 Å². The van der Waals surface area contributed by atoms with Crippen molar-refractivity contribution >= 4 is 17.5 Å². The molecular weight excluding hydrogens is 316 g/mol. The number of anilines is 1. The Morgan fingerprint density at radius 2 is 1.76 bits per heavy atom. The third kappa shape index (κ3) is 5.08. The smallest absolute Gasteiger partial charge is 0.262 e. The van der Waals surface area contributed by atoms with Gasteiger partial charge in [-0.05, 0) is 54.3 Å². The van der Waals surface area contributed by atoms with E-state index in [2.05, 4.69) is 30.5 Å². The number of carbonyl (C=O) groups excluding carboxylic acids is 2. The second-order valence-corrected chi connectivity index (χ2v) is 6.17. The van der Waals surface area contributed by atoms with E-state index in [0.29, 0.717) is 17.2 Å². The van der Waals surface area contributed by atoms with E-state index >= 15 is 0 Å². The van der Waals surface area contributed by atoms with Gasteiger partial charge in [0, 0.05) is 18.3 Å². The molecular formula is C20H24N2O3. The number of amides is 2. The molecule has 5 heteroatoms. The summed E-state index contributed by atoms with van der Waals surface area (Å²) in [4.78, 5) is 23.6. The average Bonchev–Trinajstić information content (AvgIpc) is 2.60. The number of hydrogen-bond acceptors (Lipinski definition) is 3. The van der Waals surface area contributed by atoms with Crippen molar-refractivity contribution in [2.24, 2.45) is 0 Å². The number of aryl methyl sites for hydroxylation is 1. The molecule has 2 rings (SSSR count). The minimum atomic E-state index is -0.248. The van der Waals surface area contributed by atoms with Gasteiger partial charge in [-0.2, -0.15) is 0 Å². The van der Waals surface area contributed by atoms with Crippen molar-refractivity contribution in [3.8, 4) is 5.75 Å². The van der Waals surface area contributed by atoms with Gasteiger partial charge in [0.15, 0.2) is 6.61 Å². The lowest BCUT2D eigenvalue weighted by Gasteiger charge is -2.13. The molecule has 2 aromatic rings. The Labute approximate surface area is 148 Å². The Morgan fingerprint density at radius 3 is 2.36 bits per heavy atom. The number of hydrogen-bond donors (Lipinski definition) is 2. The van der Waals surface area contributed by atoms with Gasteiger partial charge in [-0.25, -0.2) is 0 Å². The standard InChI is InChI=1S/C20H24N2O3/c1-13(2)16-6-5-14(3)18(11-16)25-12-19(23)22-17-9-7-15(8-10-17)20(24)21-4/h5-11,13H,12H2,1-4H3,(H,21,24)(H,22,23). The fourth-order valence-electron chi connectivity index (χ4n) is 2.32. The monoisotopic (exact) mass is 340 g/mol. The van der Waals surface area contributed by atoms with E-state index in [-0.39, 0.29) is 18.4 Å². The molecule has 0 aliphatic carbocycles. The van der Waals surface area contributed by atoms with Crippen LogP contribution in [-0.2, 0) is 4.79 Å². The minimum Gasteiger partial charge on any atom is -0.483 e. The third-order valence-corrected chi connectivity index (χ3v) is 3.90. The molecule has 25 heavy (non-hydrogen) atoms. The minimum absolute atomic E-state index is 0.0699. The van der Waals surface area contributed by atoms with Gasteiger partial charge < -0.3 is 15.4 Å². The summed E-state index contributed by atoms with van der Waals surface area (Å²) < 4.78 is 5.66. The lowest BCUT2D eigenvalue weighted by Crippen LogP contribution is -2.21. The normalized spacial score (nSPS) is 10.4. The van der Waals surface area contributed by atoms with Gasteiger partial charge in [-0.15, -0.1) is 0 Å². The number of nitrogens with one attached hydrogen (secondary N) is 2. The predicted octanol–water partition coefficient (Wildman–Crippen LogP) is 3.50. The van der Waals surface area contributed by atoms with E-state index in [1.165, 1.54) is 5.56 Å². The second-order valence-electron chi connectivity index (χ2n) is 6.17. The largest absolute Gasteiger partial charge is 0.483 e. The maximum atomic E-state index is 12.1. The van der Waals surface area contributed by atoms with Crippen LogP contribution in [0.2, 0.25) is 0 Å². The molecule has 5 nitrogen and oxygen atoms in total. The van der Waals surface area contributed by atoms with Gasteiger partial charge >= 0.3 is 0 Å². The molecule has 2 N–H and O–H groups in total. The van der Waals surface area contributed by atoms with Crippen LogP contribution in [0.3, 0.4) is 0 Å². The average molecular weight is 340 g/mol. The molecule has 0 fully saturated rings. The highest BCUT2D eigenvalue weighted by atomic mass is 16.5. The van der Waals surface area contributed by atoms with Crippen molar-refractivity contribution in [3.63, 3.8) is 0 Å². The number of benzene rings is 2. The molecule has 0 saturated heterocycles. The summed E-state index contributed by atoms with van der Waals surface area (Å²) in [6.07, 6.45) is 0. The fourth-order valence-corrected chi connectivity index (χ4v) is 2.32. The first-order valence-electron chi connectivity index (χ1n) is 8.26. The maximum Gasteiger partial charge on any atom is 0.262 e. The van der Waals surface area contributed by atoms with E-state index in [9.17, 15) is 9.59 Å². The summed E-state index contributed by atoms with van der Waals surface area (Å²) in [6.45, 7) is 6.11. The van der Waals surface area contributed by atoms with Crippen LogP contribution < -0.4 is 15.4 Å². The van der Waals surface area contributed by atoms with E-state index in [0.717, 1.165) is 11.3 Å². The van der Waals surface area contributed by atoms with Crippen LogP contribution in [0, 0.1) is 6.92 Å². The van der Waals surface area contributed by atoms with Crippen LogP contribution in [0.15, 0.2) is 42.5 Å². The summed E-state index contributed by atoms with van der Waals surface area (Å²) in [5.41, 5.74) is 3.32. The van der Waals surface area contributed by atoms with E-state index in [1.807, 2.05) is 19.1 Å². The molecule has 2 aromatic carbocycles. The Kier molecular flexibility index (Phi) is 6.17. The van der Waals surface area contributed by atoms with Crippen LogP contribution in [0.1, 0.15) is 41.3 Å². The highest BCUT2D eigenvalue weighted by molar-refractivity contribution is 5.95. The predicted molar refractivity (Wildman–Crippen MR) is 99.2 cm³/mol. The first-order valence-corrected chi connectivity index (χ1v) is 8.26. The first kappa shape index (κ1) is 18.5. The van der Waals surface area contributed by atoms with Crippen LogP contribution >= 0.6 is 0 Å². The van der Waals surface area contributed by atoms with E-state index < -0.39 is 0 Å². The zero-order valence-corrected chi connectivity index (χ0v) is 15.1. The van der Waals surface area contributed by atoms with Crippen molar-refractivity contribution in [2.75, 3.05) is 19.0 Å². The zero-order valence-electron chi connectivity index (χ0n) is 15.1. The summed E-state index contributed by atoms with van der Waals surface area (Å²) >= 11 is 0. The molecule has 0 heterocycles. The summed E-state index contributed by atoms with van der Waals surface area (Å²) in [5.74, 6) is 0.704. The second kappa shape index (κ2) is 8.33. The number of carbonyl (C=O) groups is 2. The van der Waals surface area contributed by atoms with Crippen molar-refractivity contribution < 1.29 is 14.3 Å².